The van der Waals surface area contributed by atoms with Crippen molar-refractivity contribution in [1.82, 2.24) is 5.09 Å². The van der Waals surface area contributed by atoms with Crippen molar-refractivity contribution in [3.8, 4) is 0 Å². The van der Waals surface area contributed by atoms with Crippen LogP contribution in [0.2, 0.25) is 0 Å². The maximum Gasteiger partial charge on any atom is 0.0803 e. The van der Waals surface area contributed by atoms with Crippen molar-refractivity contribution in [3.63, 3.8) is 0 Å². The van der Waals surface area contributed by atoms with Crippen molar-refractivity contribution in [2.24, 2.45) is 0 Å². The second kappa shape index (κ2) is 24.8. The van der Waals surface area contributed by atoms with E-state index in [0.717, 1.165) is 6.54 Å². The van der Waals surface area contributed by atoms with Crippen LogP contribution in [0.3, 0.4) is 0 Å². The van der Waals surface area contributed by atoms with Gasteiger partial charge in [0.15, 0.2) is 0 Å². The van der Waals surface area contributed by atoms with Crippen LogP contribution in [0, 0.1) is 0 Å². The Labute approximate surface area is 226 Å². The molecule has 1 aromatic rings. The highest BCUT2D eigenvalue weighted by atomic mass is 79.9. The number of halogens is 1. The van der Waals surface area contributed by atoms with Crippen molar-refractivity contribution in [2.75, 3.05) is 18.5 Å². The van der Waals surface area contributed by atoms with Crippen LogP contribution in [-0.4, -0.2) is 18.5 Å². The molecule has 0 unspecified atom stereocenters. The number of nitrogens with one attached hydrogen (secondary N) is 1. The summed E-state index contributed by atoms with van der Waals surface area (Å²) in [5.74, 6) is 0. The molecule has 0 spiro atoms. The summed E-state index contributed by atoms with van der Waals surface area (Å²) in [4.78, 5) is 0. The fourth-order valence-corrected chi connectivity index (χ4v) is 9.16. The van der Waals surface area contributed by atoms with E-state index in [4.69, 9.17) is 0 Å². The Morgan fingerprint density at radius 2 is 0.853 bits per heavy atom. The first-order valence-electron chi connectivity index (χ1n) is 14.9. The summed E-state index contributed by atoms with van der Waals surface area (Å²) in [7, 11) is -1.08. The summed E-state index contributed by atoms with van der Waals surface area (Å²) in [5.41, 5.74) is 1.47. The van der Waals surface area contributed by atoms with Crippen LogP contribution in [0.1, 0.15) is 142 Å². The van der Waals surface area contributed by atoms with Crippen LogP contribution in [0.5, 0.6) is 0 Å². The molecule has 0 aromatic heterocycles. The molecule has 1 N–H and O–H groups in total. The maximum atomic E-state index is 4.27. The van der Waals surface area contributed by atoms with Crippen LogP contribution >= 0.6 is 24.4 Å². The maximum absolute atomic E-state index is 4.27. The molecule has 34 heavy (non-hydrogen) atoms. The Morgan fingerprint density at radius 3 is 1.24 bits per heavy atom. The Morgan fingerprint density at radius 1 is 0.500 bits per heavy atom. The lowest BCUT2D eigenvalue weighted by Crippen LogP contribution is -2.24. The van der Waals surface area contributed by atoms with Crippen molar-refractivity contribution in [3.05, 3.63) is 35.9 Å². The fourth-order valence-electron chi connectivity index (χ4n) is 5.01. The zero-order valence-electron chi connectivity index (χ0n) is 23.3. The third-order valence-corrected chi connectivity index (χ3v) is 11.6. The molecule has 0 amide bonds. The quantitative estimate of drug-likeness (QED) is 0.0984. The molecule has 0 radical (unpaired) electrons. The summed E-state index contributed by atoms with van der Waals surface area (Å²) in [5, 5.41) is 4.27. The van der Waals surface area contributed by atoms with Gasteiger partial charge < -0.3 is 0 Å². The first-order chi connectivity index (χ1) is 16.3. The number of hydrogen-bond acceptors (Lipinski definition) is 1. The lowest BCUT2D eigenvalue weighted by molar-refractivity contribution is 0.613. The number of unbranched alkanes of at least 4 members (excludes halogenated alkanes) is 15. The van der Waals surface area contributed by atoms with E-state index in [1.807, 2.05) is 0 Å². The molecule has 1 nitrogen and oxygen atoms in total. The molecule has 0 heterocycles. The van der Waals surface area contributed by atoms with Gasteiger partial charge in [0, 0.05) is 0 Å². The van der Waals surface area contributed by atoms with E-state index < -0.39 is 7.41 Å². The van der Waals surface area contributed by atoms with Crippen LogP contribution in [0.4, 0.5) is 0 Å². The van der Waals surface area contributed by atoms with Gasteiger partial charge in [0.1, 0.15) is 0 Å². The van der Waals surface area contributed by atoms with E-state index in [1.165, 1.54) is 140 Å². The van der Waals surface area contributed by atoms with Gasteiger partial charge in [-0.05, 0) is 44.1 Å². The summed E-state index contributed by atoms with van der Waals surface area (Å²) in [6, 6.07) is 11.2. The third-order valence-electron chi connectivity index (χ3n) is 7.28. The molecule has 0 atom stereocenters. The summed E-state index contributed by atoms with van der Waals surface area (Å²) in [6.07, 6.45) is 30.1. The highest BCUT2D eigenvalue weighted by molar-refractivity contribution is 8.93. The van der Waals surface area contributed by atoms with Gasteiger partial charge in [-0.25, -0.2) is 0 Å². The van der Waals surface area contributed by atoms with Gasteiger partial charge in [-0.1, -0.05) is 128 Å². The smallest absolute Gasteiger partial charge is 0.0803 e. The van der Waals surface area contributed by atoms with Crippen LogP contribution in [0.25, 0.3) is 0 Å². The van der Waals surface area contributed by atoms with Crippen molar-refractivity contribution >= 4 is 24.4 Å². The average Bonchev–Trinajstić information content (AvgIpc) is 2.85. The highest BCUT2D eigenvalue weighted by Crippen LogP contribution is 2.57. The number of rotatable bonds is 24. The zero-order valence-corrected chi connectivity index (χ0v) is 25.9. The first kappa shape index (κ1) is 34.1. The Bertz CT molecular complexity index is 481. The van der Waals surface area contributed by atoms with E-state index in [2.05, 4.69) is 56.2 Å². The molecule has 1 rings (SSSR count). The van der Waals surface area contributed by atoms with E-state index in [1.54, 1.807) is 0 Å². The molecule has 0 fully saturated rings. The Balaban J connectivity index is 0.0000109. The van der Waals surface area contributed by atoms with E-state index in [0.29, 0.717) is 0 Å². The van der Waals surface area contributed by atoms with Crippen molar-refractivity contribution < 1.29 is 0 Å². The Hall–Kier alpha value is 0.0900. The largest absolute Gasteiger partial charge is 0.188 e. The molecular weight excluding hydrogens is 497 g/mol. The highest BCUT2D eigenvalue weighted by Gasteiger charge is 2.35. The molecule has 0 aliphatic heterocycles. The van der Waals surface area contributed by atoms with Crippen LogP contribution < -0.4 is 5.09 Å². The zero-order chi connectivity index (χ0) is 23.9. The normalized spacial score (nSPS) is 11.5. The van der Waals surface area contributed by atoms with Gasteiger partial charge in [0.25, 0.3) is 0 Å². The summed E-state index contributed by atoms with van der Waals surface area (Å²) in [6.45, 7) is 8.05. The van der Waals surface area contributed by atoms with E-state index in [-0.39, 0.29) is 17.0 Å². The monoisotopic (exact) mass is 556 g/mol. The molecular formula is C31H60BrNP+. The first-order valence-corrected chi connectivity index (χ1v) is 17.3. The summed E-state index contributed by atoms with van der Waals surface area (Å²) < 4.78 is 0. The number of benzene rings is 1. The molecule has 0 aliphatic carbocycles. The van der Waals surface area contributed by atoms with Crippen LogP contribution in [0.15, 0.2) is 30.3 Å². The molecule has 3 heteroatoms. The van der Waals surface area contributed by atoms with E-state index >= 15 is 0 Å². The van der Waals surface area contributed by atoms with Gasteiger partial charge in [-0.15, -0.1) is 17.0 Å². The second-order valence-electron chi connectivity index (χ2n) is 10.4. The molecule has 0 saturated carbocycles. The van der Waals surface area contributed by atoms with Crippen LogP contribution in [-0.2, 0) is 6.54 Å². The van der Waals surface area contributed by atoms with Gasteiger partial charge in [-0.3, -0.25) is 0 Å². The third kappa shape index (κ3) is 18.4. The molecule has 1 aromatic carbocycles. The molecule has 200 valence electrons. The van der Waals surface area contributed by atoms with Gasteiger partial charge in [0.05, 0.1) is 32.4 Å². The number of hydrogen-bond donors (Lipinski definition) is 1. The topological polar surface area (TPSA) is 12.0 Å². The summed E-state index contributed by atoms with van der Waals surface area (Å²) >= 11 is 0. The average molecular weight is 558 g/mol. The minimum atomic E-state index is -1.08. The van der Waals surface area contributed by atoms with Crippen molar-refractivity contribution in [2.45, 2.75) is 143 Å². The standard InChI is InChI=1S/C31H59NP.BrH/c1-4-7-10-13-16-22-27-33(28-23-17-14-11-8-5-2,29-24-18-15-12-9-6-3)32-30-31-25-20-19-21-26-31;/h19-21,25-26,32H,4-18,22-24,27-30H2,1-3H3;1H/q+1;. The van der Waals surface area contributed by atoms with Crippen molar-refractivity contribution in [1.29, 1.82) is 0 Å². The van der Waals surface area contributed by atoms with Gasteiger partial charge in [0.2, 0.25) is 0 Å². The lowest BCUT2D eigenvalue weighted by atomic mass is 10.1. The molecule has 0 saturated heterocycles. The predicted octanol–water partition coefficient (Wildman–Crippen LogP) is 11.4. The predicted molar refractivity (Wildman–Crippen MR) is 165 cm³/mol. The SMILES string of the molecule is Br.CCCCCCCC[P+](CCCCCCCC)(CCCCCCCC)NCc1ccccc1. The molecule has 0 aliphatic rings. The minimum absolute atomic E-state index is 0. The van der Waals surface area contributed by atoms with E-state index in [9.17, 15) is 0 Å². The fraction of sp³-hybridized carbons (Fsp3) is 0.806. The van der Waals surface area contributed by atoms with Gasteiger partial charge >= 0.3 is 0 Å². The minimum Gasteiger partial charge on any atom is -0.188 e. The lowest BCUT2D eigenvalue weighted by Gasteiger charge is -2.29. The molecule has 0 bridgehead atoms. The second-order valence-corrected chi connectivity index (χ2v) is 14.4. The Kier molecular flexibility index (Phi) is 24.8. The van der Waals surface area contributed by atoms with Gasteiger partial charge in [-0.2, -0.15) is 5.09 Å².